The van der Waals surface area contributed by atoms with Crippen molar-refractivity contribution < 1.29 is 20.1 Å². The van der Waals surface area contributed by atoms with Crippen molar-refractivity contribution in [3.05, 3.63) is 11.6 Å². The molecule has 112 valence electrons. The minimum Gasteiger partial charge on any atom is -0.392 e. The van der Waals surface area contributed by atoms with Crippen molar-refractivity contribution in [2.75, 3.05) is 6.61 Å². The Kier molecular flexibility index (Phi) is 5.56. The highest BCUT2D eigenvalue weighted by Gasteiger charge is 2.46. The fourth-order valence-electron chi connectivity index (χ4n) is 2.53. The topological polar surface area (TPSA) is 69.9 Å². The quantitative estimate of drug-likeness (QED) is 0.645. The van der Waals surface area contributed by atoms with Gasteiger partial charge in [0.1, 0.15) is 0 Å². The van der Waals surface area contributed by atoms with Crippen LogP contribution in [0, 0.1) is 0 Å². The molecule has 1 aliphatic rings. The maximum absolute atomic E-state index is 10.3. The molecule has 19 heavy (non-hydrogen) atoms. The summed E-state index contributed by atoms with van der Waals surface area (Å²) in [4.78, 5) is 0. The zero-order chi connectivity index (χ0) is 14.7. The lowest BCUT2D eigenvalue weighted by Gasteiger charge is -2.33. The second-order valence-electron chi connectivity index (χ2n) is 6.40. The molecular formula is C15H28O4. The minimum absolute atomic E-state index is 0.0382. The molecule has 0 saturated carbocycles. The van der Waals surface area contributed by atoms with E-state index in [0.717, 1.165) is 24.8 Å². The van der Waals surface area contributed by atoms with Crippen LogP contribution in [0.25, 0.3) is 0 Å². The summed E-state index contributed by atoms with van der Waals surface area (Å²) in [6.45, 7) is 7.37. The Labute approximate surface area is 116 Å². The van der Waals surface area contributed by atoms with Crippen molar-refractivity contribution in [2.24, 2.45) is 0 Å². The number of ether oxygens (including phenoxy) is 1. The molecule has 1 fully saturated rings. The van der Waals surface area contributed by atoms with Gasteiger partial charge in [0.2, 0.25) is 0 Å². The Bertz CT molecular complexity index is 319. The van der Waals surface area contributed by atoms with Crippen molar-refractivity contribution >= 4 is 0 Å². The Morgan fingerprint density at radius 2 is 2.16 bits per heavy atom. The first-order valence-corrected chi connectivity index (χ1v) is 7.04. The summed E-state index contributed by atoms with van der Waals surface area (Å²) in [6.07, 6.45) is 3.85. The van der Waals surface area contributed by atoms with Crippen LogP contribution in [-0.2, 0) is 4.74 Å². The average molecular weight is 272 g/mol. The molecule has 0 radical (unpaired) electrons. The van der Waals surface area contributed by atoms with Gasteiger partial charge in [0, 0.05) is 0 Å². The van der Waals surface area contributed by atoms with Crippen LogP contribution in [0.3, 0.4) is 0 Å². The van der Waals surface area contributed by atoms with E-state index in [4.69, 9.17) is 9.84 Å². The van der Waals surface area contributed by atoms with E-state index in [9.17, 15) is 10.2 Å². The first-order chi connectivity index (χ1) is 8.69. The van der Waals surface area contributed by atoms with E-state index in [2.05, 4.69) is 0 Å². The van der Waals surface area contributed by atoms with Gasteiger partial charge in [-0.2, -0.15) is 0 Å². The molecular weight excluding hydrogens is 244 g/mol. The van der Waals surface area contributed by atoms with Gasteiger partial charge in [0.05, 0.1) is 30.0 Å². The van der Waals surface area contributed by atoms with Gasteiger partial charge in [-0.1, -0.05) is 11.6 Å². The lowest BCUT2D eigenvalue weighted by molar-refractivity contribution is -0.153. The summed E-state index contributed by atoms with van der Waals surface area (Å²) in [5.41, 5.74) is -0.379. The van der Waals surface area contributed by atoms with E-state index < -0.39 is 17.3 Å². The number of hydrogen-bond donors (Lipinski definition) is 3. The third kappa shape index (κ3) is 4.56. The van der Waals surface area contributed by atoms with Gasteiger partial charge < -0.3 is 20.1 Å². The van der Waals surface area contributed by atoms with Gasteiger partial charge in [-0.05, 0) is 53.4 Å². The van der Waals surface area contributed by atoms with Crippen molar-refractivity contribution in [1.82, 2.24) is 0 Å². The van der Waals surface area contributed by atoms with Crippen molar-refractivity contribution in [2.45, 2.75) is 76.8 Å². The van der Waals surface area contributed by atoms with Crippen LogP contribution in [0.15, 0.2) is 11.6 Å². The van der Waals surface area contributed by atoms with Gasteiger partial charge in [-0.3, -0.25) is 0 Å². The molecule has 3 atom stereocenters. The molecule has 0 bridgehead atoms. The van der Waals surface area contributed by atoms with Crippen LogP contribution in [0.2, 0.25) is 0 Å². The Morgan fingerprint density at radius 3 is 2.63 bits per heavy atom. The predicted octanol–water partition coefficient (Wildman–Crippen LogP) is 1.77. The Morgan fingerprint density at radius 1 is 1.53 bits per heavy atom. The molecule has 4 nitrogen and oxygen atoms in total. The Hall–Kier alpha value is -0.420. The zero-order valence-electron chi connectivity index (χ0n) is 12.5. The van der Waals surface area contributed by atoms with E-state index >= 15 is 0 Å². The Balaban J connectivity index is 2.53. The lowest BCUT2D eigenvalue weighted by atomic mass is 9.90. The molecule has 4 heteroatoms. The van der Waals surface area contributed by atoms with Crippen LogP contribution in [-0.4, -0.2) is 45.3 Å². The van der Waals surface area contributed by atoms with Crippen LogP contribution < -0.4 is 0 Å². The van der Waals surface area contributed by atoms with Gasteiger partial charge in [-0.25, -0.2) is 0 Å². The predicted molar refractivity (Wildman–Crippen MR) is 74.9 cm³/mol. The maximum Gasteiger partial charge on any atom is 0.0918 e. The first-order valence-electron chi connectivity index (χ1n) is 7.04. The van der Waals surface area contributed by atoms with Crippen LogP contribution in [0.5, 0.6) is 0 Å². The zero-order valence-corrected chi connectivity index (χ0v) is 12.5. The summed E-state index contributed by atoms with van der Waals surface area (Å²) >= 11 is 0. The number of rotatable bonds is 6. The smallest absolute Gasteiger partial charge is 0.0918 e. The highest BCUT2D eigenvalue weighted by atomic mass is 16.5. The minimum atomic E-state index is -0.871. The normalized spacial score (nSPS) is 30.7. The fourth-order valence-corrected chi connectivity index (χ4v) is 2.53. The van der Waals surface area contributed by atoms with E-state index in [1.54, 1.807) is 19.9 Å². The van der Waals surface area contributed by atoms with Crippen molar-refractivity contribution in [3.8, 4) is 0 Å². The summed E-state index contributed by atoms with van der Waals surface area (Å²) in [5, 5.41) is 29.1. The number of allylic oxidation sites excluding steroid dienone is 1. The molecule has 1 aliphatic heterocycles. The molecule has 0 aliphatic carbocycles. The van der Waals surface area contributed by atoms with Gasteiger partial charge in [-0.15, -0.1) is 0 Å². The van der Waals surface area contributed by atoms with Crippen LogP contribution in [0.1, 0.15) is 53.4 Å². The number of aliphatic hydroxyl groups is 3. The second kappa shape index (κ2) is 6.35. The highest BCUT2D eigenvalue weighted by molar-refractivity contribution is 5.01. The summed E-state index contributed by atoms with van der Waals surface area (Å²) in [5.74, 6) is 0. The summed E-state index contributed by atoms with van der Waals surface area (Å²) < 4.78 is 5.90. The van der Waals surface area contributed by atoms with E-state index in [-0.39, 0.29) is 12.7 Å². The second-order valence-corrected chi connectivity index (χ2v) is 6.40. The molecule has 0 aromatic rings. The third-order valence-electron chi connectivity index (χ3n) is 4.06. The SMILES string of the molecule is C/C(=C\CO)CC[C@@H](O)[C@]1(C)CC[C@@H](C(C)(C)O)O1. The number of aliphatic hydroxyl groups excluding tert-OH is 2. The van der Waals surface area contributed by atoms with Crippen LogP contribution in [0.4, 0.5) is 0 Å². The monoisotopic (exact) mass is 272 g/mol. The van der Waals surface area contributed by atoms with Crippen LogP contribution >= 0.6 is 0 Å². The molecule has 1 saturated heterocycles. The molecule has 1 rings (SSSR count). The van der Waals surface area contributed by atoms with E-state index in [1.807, 2.05) is 13.8 Å². The fraction of sp³-hybridized carbons (Fsp3) is 0.867. The van der Waals surface area contributed by atoms with Gasteiger partial charge >= 0.3 is 0 Å². The molecule has 0 unspecified atom stereocenters. The average Bonchev–Trinajstić information content (AvgIpc) is 2.70. The molecule has 0 aromatic heterocycles. The van der Waals surface area contributed by atoms with E-state index in [0.29, 0.717) is 6.42 Å². The molecule has 0 spiro atoms. The lowest BCUT2D eigenvalue weighted by Crippen LogP contribution is -2.43. The molecule has 1 heterocycles. The summed E-state index contributed by atoms with van der Waals surface area (Å²) in [7, 11) is 0. The van der Waals surface area contributed by atoms with Gasteiger partial charge in [0.25, 0.3) is 0 Å². The van der Waals surface area contributed by atoms with Gasteiger partial charge in [0.15, 0.2) is 0 Å². The van der Waals surface area contributed by atoms with Crippen molar-refractivity contribution in [3.63, 3.8) is 0 Å². The largest absolute Gasteiger partial charge is 0.392 e. The molecule has 3 N–H and O–H groups in total. The first kappa shape index (κ1) is 16.6. The van der Waals surface area contributed by atoms with E-state index in [1.165, 1.54) is 0 Å². The standard InChI is InChI=1S/C15H28O4/c1-11(8-10-16)5-6-12(17)15(4)9-7-13(19-15)14(2,3)18/h8,12-13,16-18H,5-7,9-10H2,1-4H3/b11-8+/t12-,13+,15+/m1/s1. The molecule has 0 aromatic carbocycles. The maximum atomic E-state index is 10.3. The van der Waals surface area contributed by atoms with Crippen molar-refractivity contribution in [1.29, 1.82) is 0 Å². The third-order valence-corrected chi connectivity index (χ3v) is 4.06. The number of hydrogen-bond acceptors (Lipinski definition) is 4. The molecule has 0 amide bonds. The summed E-state index contributed by atoms with van der Waals surface area (Å²) in [6, 6.07) is 0. The highest BCUT2D eigenvalue weighted by Crippen LogP contribution is 2.38.